The molecular weight excluding hydrogens is 264 g/mol. The summed E-state index contributed by atoms with van der Waals surface area (Å²) in [5.74, 6) is 0.277. The highest BCUT2D eigenvalue weighted by atomic mass is 35.5. The number of hydrogen-bond donors (Lipinski definition) is 2. The van der Waals surface area contributed by atoms with Crippen molar-refractivity contribution in [2.75, 3.05) is 13.2 Å². The van der Waals surface area contributed by atoms with Gasteiger partial charge in [-0.15, -0.1) is 6.58 Å². The summed E-state index contributed by atoms with van der Waals surface area (Å²) in [5, 5.41) is 3.10. The van der Waals surface area contributed by atoms with Crippen molar-refractivity contribution < 1.29 is 9.53 Å². The zero-order chi connectivity index (χ0) is 14.3. The molecule has 19 heavy (non-hydrogen) atoms. The second kappa shape index (κ2) is 7.81. The molecule has 0 bridgehead atoms. The van der Waals surface area contributed by atoms with E-state index in [0.29, 0.717) is 17.3 Å². The number of carbonyl (C=O) groups excluding carboxylic acids is 1. The van der Waals surface area contributed by atoms with Crippen LogP contribution in [0.3, 0.4) is 0 Å². The molecule has 0 heterocycles. The van der Waals surface area contributed by atoms with E-state index in [1.807, 2.05) is 19.1 Å². The quantitative estimate of drug-likeness (QED) is 0.751. The van der Waals surface area contributed by atoms with Gasteiger partial charge in [-0.25, -0.2) is 0 Å². The average molecular weight is 283 g/mol. The molecule has 1 atom stereocenters. The number of rotatable bonds is 7. The van der Waals surface area contributed by atoms with Crippen molar-refractivity contribution in [3.8, 4) is 5.75 Å². The highest BCUT2D eigenvalue weighted by Crippen LogP contribution is 2.25. The maximum Gasteiger partial charge on any atom is 0.258 e. The van der Waals surface area contributed by atoms with Gasteiger partial charge in [-0.3, -0.25) is 4.79 Å². The smallest absolute Gasteiger partial charge is 0.258 e. The minimum Gasteiger partial charge on any atom is -0.482 e. The molecule has 0 radical (unpaired) electrons. The largest absolute Gasteiger partial charge is 0.482 e. The van der Waals surface area contributed by atoms with Crippen molar-refractivity contribution >= 4 is 17.5 Å². The van der Waals surface area contributed by atoms with Gasteiger partial charge in [0.05, 0.1) is 5.02 Å². The Bertz CT molecular complexity index is 447. The summed E-state index contributed by atoms with van der Waals surface area (Å²) in [7, 11) is 0. The third-order valence-corrected chi connectivity index (χ3v) is 2.65. The van der Waals surface area contributed by atoms with Crippen molar-refractivity contribution in [1.29, 1.82) is 0 Å². The zero-order valence-corrected chi connectivity index (χ0v) is 11.7. The summed E-state index contributed by atoms with van der Waals surface area (Å²) in [6, 6.07) is 5.53. The number of ether oxygens (including phenoxy) is 1. The Kier molecular flexibility index (Phi) is 6.39. The molecule has 1 amide bonds. The van der Waals surface area contributed by atoms with Gasteiger partial charge in [-0.05, 0) is 31.0 Å². The van der Waals surface area contributed by atoms with Gasteiger partial charge in [0.25, 0.3) is 5.91 Å². The van der Waals surface area contributed by atoms with Gasteiger partial charge in [0, 0.05) is 12.6 Å². The lowest BCUT2D eigenvalue weighted by Crippen LogP contribution is -2.28. The summed E-state index contributed by atoms with van der Waals surface area (Å²) in [4.78, 5) is 11.4. The van der Waals surface area contributed by atoms with Gasteiger partial charge in [0.1, 0.15) is 5.75 Å². The standard InChI is InChI=1S/C14H19ClN2O2/c1-3-6-17-14(18)9-19-13-5-4-11(7-10(2)16)8-12(13)15/h3-5,8,10H,1,6-7,9,16H2,2H3,(H,17,18). The van der Waals surface area contributed by atoms with Gasteiger partial charge in [-0.1, -0.05) is 23.7 Å². The molecule has 5 heteroatoms. The molecule has 1 aromatic rings. The summed E-state index contributed by atoms with van der Waals surface area (Å²) in [6.07, 6.45) is 2.35. The van der Waals surface area contributed by atoms with Crippen LogP contribution in [0.1, 0.15) is 12.5 Å². The monoisotopic (exact) mass is 282 g/mol. The summed E-state index contributed by atoms with van der Waals surface area (Å²) in [5.41, 5.74) is 6.77. The van der Waals surface area contributed by atoms with Crippen molar-refractivity contribution in [3.05, 3.63) is 41.4 Å². The fourth-order valence-corrected chi connectivity index (χ4v) is 1.80. The number of hydrogen-bond acceptors (Lipinski definition) is 3. The van der Waals surface area contributed by atoms with Crippen molar-refractivity contribution in [2.45, 2.75) is 19.4 Å². The molecule has 0 saturated carbocycles. The van der Waals surface area contributed by atoms with E-state index in [9.17, 15) is 4.79 Å². The van der Waals surface area contributed by atoms with Gasteiger partial charge in [0.15, 0.2) is 6.61 Å². The second-order valence-electron chi connectivity index (χ2n) is 4.33. The van der Waals surface area contributed by atoms with Crippen LogP contribution in [-0.4, -0.2) is 25.1 Å². The third kappa shape index (κ3) is 5.77. The van der Waals surface area contributed by atoms with Crippen LogP contribution >= 0.6 is 11.6 Å². The number of halogens is 1. The normalized spacial score (nSPS) is 11.7. The molecule has 1 unspecified atom stereocenters. The molecule has 0 aliphatic carbocycles. The Morgan fingerprint density at radius 1 is 1.63 bits per heavy atom. The predicted octanol–water partition coefficient (Wildman–Crippen LogP) is 1.91. The van der Waals surface area contributed by atoms with Crippen LogP contribution in [0.2, 0.25) is 5.02 Å². The van der Waals surface area contributed by atoms with E-state index >= 15 is 0 Å². The first kappa shape index (κ1) is 15.5. The summed E-state index contributed by atoms with van der Waals surface area (Å²) in [6.45, 7) is 5.79. The second-order valence-corrected chi connectivity index (χ2v) is 4.73. The topological polar surface area (TPSA) is 64.3 Å². The molecule has 104 valence electrons. The number of amides is 1. The van der Waals surface area contributed by atoms with Gasteiger partial charge >= 0.3 is 0 Å². The van der Waals surface area contributed by atoms with Crippen LogP contribution in [-0.2, 0) is 11.2 Å². The lowest BCUT2D eigenvalue weighted by molar-refractivity contribution is -0.122. The zero-order valence-electron chi connectivity index (χ0n) is 11.0. The van der Waals surface area contributed by atoms with Crippen molar-refractivity contribution in [3.63, 3.8) is 0 Å². The Morgan fingerprint density at radius 3 is 2.95 bits per heavy atom. The molecule has 0 aromatic heterocycles. The molecule has 0 aliphatic rings. The van der Waals surface area contributed by atoms with E-state index in [-0.39, 0.29) is 18.6 Å². The highest BCUT2D eigenvalue weighted by Gasteiger charge is 2.07. The fraction of sp³-hybridized carbons (Fsp3) is 0.357. The average Bonchev–Trinajstić information content (AvgIpc) is 2.34. The molecular formula is C14H19ClN2O2. The number of nitrogens with two attached hydrogens (primary N) is 1. The third-order valence-electron chi connectivity index (χ3n) is 2.36. The van der Waals surface area contributed by atoms with E-state index in [2.05, 4.69) is 11.9 Å². The first-order chi connectivity index (χ1) is 9.02. The highest BCUT2D eigenvalue weighted by molar-refractivity contribution is 6.32. The van der Waals surface area contributed by atoms with Crippen molar-refractivity contribution in [2.24, 2.45) is 5.73 Å². The summed E-state index contributed by atoms with van der Waals surface area (Å²) < 4.78 is 5.35. The van der Waals surface area contributed by atoms with E-state index in [1.165, 1.54) is 0 Å². The molecule has 0 saturated heterocycles. The van der Waals surface area contributed by atoms with Gasteiger partial charge in [-0.2, -0.15) is 0 Å². The minimum absolute atomic E-state index is 0.0692. The molecule has 0 aliphatic heterocycles. The minimum atomic E-state index is -0.212. The molecule has 0 fully saturated rings. The molecule has 0 spiro atoms. The predicted molar refractivity (Wildman–Crippen MR) is 77.5 cm³/mol. The van der Waals surface area contributed by atoms with E-state index < -0.39 is 0 Å². The Balaban J connectivity index is 2.55. The number of benzene rings is 1. The van der Waals surface area contributed by atoms with E-state index in [0.717, 1.165) is 12.0 Å². The lowest BCUT2D eigenvalue weighted by atomic mass is 10.1. The first-order valence-corrected chi connectivity index (χ1v) is 6.45. The van der Waals surface area contributed by atoms with Crippen LogP contribution in [0, 0.1) is 0 Å². The maximum absolute atomic E-state index is 11.4. The SMILES string of the molecule is C=CCNC(=O)COc1ccc(CC(C)N)cc1Cl. The maximum atomic E-state index is 11.4. The van der Waals surface area contributed by atoms with Crippen LogP contribution in [0.5, 0.6) is 5.75 Å². The van der Waals surface area contributed by atoms with E-state index in [1.54, 1.807) is 12.1 Å². The van der Waals surface area contributed by atoms with Crippen LogP contribution in [0.15, 0.2) is 30.9 Å². The first-order valence-electron chi connectivity index (χ1n) is 6.07. The number of carbonyl (C=O) groups is 1. The van der Waals surface area contributed by atoms with Gasteiger partial charge < -0.3 is 15.8 Å². The molecule has 4 nitrogen and oxygen atoms in total. The Morgan fingerprint density at radius 2 is 2.37 bits per heavy atom. The van der Waals surface area contributed by atoms with Crippen LogP contribution in [0.25, 0.3) is 0 Å². The fourth-order valence-electron chi connectivity index (χ4n) is 1.54. The number of nitrogens with one attached hydrogen (secondary N) is 1. The lowest BCUT2D eigenvalue weighted by Gasteiger charge is -2.10. The molecule has 3 N–H and O–H groups in total. The molecule has 1 rings (SSSR count). The van der Waals surface area contributed by atoms with E-state index in [4.69, 9.17) is 22.1 Å². The van der Waals surface area contributed by atoms with Gasteiger partial charge in [0.2, 0.25) is 0 Å². The Hall–Kier alpha value is -1.52. The Labute approximate surface area is 118 Å². The summed E-state index contributed by atoms with van der Waals surface area (Å²) >= 11 is 6.09. The van der Waals surface area contributed by atoms with Crippen LogP contribution < -0.4 is 15.8 Å². The van der Waals surface area contributed by atoms with Crippen molar-refractivity contribution in [1.82, 2.24) is 5.32 Å². The molecule has 1 aromatic carbocycles. The van der Waals surface area contributed by atoms with Crippen LogP contribution in [0.4, 0.5) is 0 Å².